The van der Waals surface area contributed by atoms with Crippen LogP contribution in [0.4, 0.5) is 10.5 Å². The van der Waals surface area contributed by atoms with Gasteiger partial charge in [-0.05, 0) is 19.1 Å². The molecule has 2 aliphatic heterocycles. The number of methoxy groups -OCH3 is 2. The molecule has 0 radical (unpaired) electrons. The number of hydrogen-bond acceptors (Lipinski definition) is 6. The summed E-state index contributed by atoms with van der Waals surface area (Å²) in [7, 11) is 4.45. The summed E-state index contributed by atoms with van der Waals surface area (Å²) >= 11 is 0. The molecule has 0 aliphatic carbocycles. The average molecular weight is 385 g/mol. The number of allylic oxidation sites excluding steroid dienone is 1. The summed E-state index contributed by atoms with van der Waals surface area (Å²) < 4.78 is 11.8. The SMILES string of the molecule is COC1=C(C)C=NC2=[N+](C)C(=O)N(CC(=O)Nc3ccccc3OC)C(=O)C12. The highest BCUT2D eigenvalue weighted by Gasteiger charge is 2.50. The summed E-state index contributed by atoms with van der Waals surface area (Å²) in [4.78, 5) is 43.3. The van der Waals surface area contributed by atoms with Crippen molar-refractivity contribution >= 4 is 35.6 Å². The van der Waals surface area contributed by atoms with Crippen molar-refractivity contribution in [2.24, 2.45) is 10.9 Å². The van der Waals surface area contributed by atoms with Crippen LogP contribution in [0.25, 0.3) is 0 Å². The third kappa shape index (κ3) is 3.26. The van der Waals surface area contributed by atoms with Gasteiger partial charge in [-0.2, -0.15) is 9.48 Å². The molecule has 0 bridgehead atoms. The van der Waals surface area contributed by atoms with Crippen molar-refractivity contribution < 1.29 is 28.4 Å². The van der Waals surface area contributed by atoms with Crippen molar-refractivity contribution in [3.63, 3.8) is 0 Å². The van der Waals surface area contributed by atoms with E-state index < -0.39 is 30.3 Å². The molecule has 2 aliphatic rings. The van der Waals surface area contributed by atoms with Crippen LogP contribution in [-0.4, -0.2) is 67.2 Å². The van der Waals surface area contributed by atoms with Gasteiger partial charge in [-0.25, -0.2) is 4.79 Å². The maximum Gasteiger partial charge on any atom is 0.446 e. The number of amidine groups is 1. The predicted molar refractivity (Wildman–Crippen MR) is 102 cm³/mol. The van der Waals surface area contributed by atoms with Gasteiger partial charge >= 0.3 is 11.9 Å². The number of carbonyl (C=O) groups excluding carboxylic acids is 3. The van der Waals surface area contributed by atoms with Gasteiger partial charge in [0.25, 0.3) is 11.7 Å². The molecule has 0 aromatic heterocycles. The normalized spacial score (nSPS) is 19.0. The van der Waals surface area contributed by atoms with E-state index in [1.165, 1.54) is 25.8 Å². The van der Waals surface area contributed by atoms with Gasteiger partial charge in [-0.3, -0.25) is 9.59 Å². The minimum absolute atomic E-state index is 0.277. The first-order chi connectivity index (χ1) is 13.4. The summed E-state index contributed by atoms with van der Waals surface area (Å²) in [5, 5.41) is 2.66. The lowest BCUT2D eigenvalue weighted by atomic mass is 9.96. The molecule has 28 heavy (non-hydrogen) atoms. The minimum atomic E-state index is -0.864. The van der Waals surface area contributed by atoms with E-state index in [0.717, 1.165) is 4.90 Å². The predicted octanol–water partition coefficient (Wildman–Crippen LogP) is 1.26. The van der Waals surface area contributed by atoms with E-state index >= 15 is 0 Å². The molecule has 1 N–H and O–H groups in total. The molecule has 3 rings (SSSR count). The third-order valence-electron chi connectivity index (χ3n) is 4.58. The number of urea groups is 1. The van der Waals surface area contributed by atoms with Crippen LogP contribution in [0.3, 0.4) is 0 Å². The highest BCUT2D eigenvalue weighted by molar-refractivity contribution is 6.17. The van der Waals surface area contributed by atoms with Crippen LogP contribution in [0.5, 0.6) is 5.75 Å². The Bertz CT molecular complexity index is 947. The Kier molecular flexibility index (Phi) is 5.25. The molecule has 0 saturated carbocycles. The molecule has 9 heteroatoms. The first-order valence-corrected chi connectivity index (χ1v) is 8.56. The Hall–Kier alpha value is -3.49. The molecule has 1 aromatic rings. The molecule has 0 saturated heterocycles. The minimum Gasteiger partial charge on any atom is -0.499 e. The van der Waals surface area contributed by atoms with Crippen LogP contribution < -0.4 is 10.1 Å². The third-order valence-corrected chi connectivity index (χ3v) is 4.58. The van der Waals surface area contributed by atoms with Crippen LogP contribution in [0, 0.1) is 5.92 Å². The van der Waals surface area contributed by atoms with Crippen LogP contribution in [0.15, 0.2) is 40.6 Å². The fourth-order valence-electron chi connectivity index (χ4n) is 3.18. The lowest BCUT2D eigenvalue weighted by molar-refractivity contribution is -0.408. The number of amides is 4. The number of fused-ring (bicyclic) bond motifs is 1. The number of rotatable bonds is 5. The number of ether oxygens (including phenoxy) is 2. The second kappa shape index (κ2) is 7.63. The van der Waals surface area contributed by atoms with Crippen LogP contribution in [-0.2, 0) is 14.3 Å². The zero-order valence-electron chi connectivity index (χ0n) is 16.1. The number of imide groups is 1. The fourth-order valence-corrected chi connectivity index (χ4v) is 3.18. The largest absolute Gasteiger partial charge is 0.499 e. The van der Waals surface area contributed by atoms with E-state index in [-0.39, 0.29) is 5.84 Å². The average Bonchev–Trinajstić information content (AvgIpc) is 2.69. The second-order valence-electron chi connectivity index (χ2n) is 6.32. The number of hydrogen-bond donors (Lipinski definition) is 1. The number of dihydropyridines is 1. The first kappa shape index (κ1) is 19.3. The Morgan fingerprint density at radius 3 is 2.64 bits per heavy atom. The number of anilines is 1. The molecule has 1 aromatic carbocycles. The maximum atomic E-state index is 13.0. The summed E-state index contributed by atoms with van der Waals surface area (Å²) in [5.41, 5.74) is 1.13. The van der Waals surface area contributed by atoms with Gasteiger partial charge in [-0.15, -0.1) is 4.99 Å². The molecular weight excluding hydrogens is 364 g/mol. The van der Waals surface area contributed by atoms with Gasteiger partial charge < -0.3 is 14.8 Å². The molecular formula is C19H21N4O5+. The van der Waals surface area contributed by atoms with Gasteiger partial charge in [0, 0.05) is 5.57 Å². The van der Waals surface area contributed by atoms with E-state index in [1.807, 2.05) is 0 Å². The summed E-state index contributed by atoms with van der Waals surface area (Å²) in [6.45, 7) is 1.32. The van der Waals surface area contributed by atoms with Crippen molar-refractivity contribution in [1.29, 1.82) is 0 Å². The molecule has 1 atom stereocenters. The Morgan fingerprint density at radius 1 is 1.25 bits per heavy atom. The first-order valence-electron chi connectivity index (χ1n) is 8.56. The number of nitrogens with zero attached hydrogens (tertiary/aromatic N) is 3. The van der Waals surface area contributed by atoms with Gasteiger partial charge in [0.15, 0.2) is 12.5 Å². The summed E-state index contributed by atoms with van der Waals surface area (Å²) in [6.07, 6.45) is 1.55. The standard InChI is InChI=1S/C19H20N4O5/c1-11-9-20-17-15(16(11)28-4)18(25)23(19(26)22(17)2)10-14(24)21-12-7-5-6-8-13(12)27-3/h5-9,15H,10H2,1-4H3/p+1. The highest BCUT2D eigenvalue weighted by Crippen LogP contribution is 2.28. The highest BCUT2D eigenvalue weighted by atomic mass is 16.5. The van der Waals surface area contributed by atoms with Crippen LogP contribution in [0.2, 0.25) is 0 Å². The number of benzene rings is 1. The van der Waals surface area contributed by atoms with Crippen LogP contribution >= 0.6 is 0 Å². The Morgan fingerprint density at radius 2 is 1.96 bits per heavy atom. The van der Waals surface area contributed by atoms with E-state index in [9.17, 15) is 14.4 Å². The smallest absolute Gasteiger partial charge is 0.446 e. The van der Waals surface area contributed by atoms with Crippen molar-refractivity contribution in [2.45, 2.75) is 6.92 Å². The van der Waals surface area contributed by atoms with Crippen molar-refractivity contribution in [3.8, 4) is 5.75 Å². The number of para-hydroxylation sites is 2. The molecule has 2 heterocycles. The molecule has 4 amide bonds. The van der Waals surface area contributed by atoms with Crippen LogP contribution in [0.1, 0.15) is 6.92 Å². The van der Waals surface area contributed by atoms with Gasteiger partial charge in [0.05, 0.1) is 27.0 Å². The lowest BCUT2D eigenvalue weighted by Gasteiger charge is -2.28. The maximum absolute atomic E-state index is 13.0. The molecule has 0 fully saturated rings. The summed E-state index contributed by atoms with van der Waals surface area (Å²) in [5.74, 6) is -0.787. The van der Waals surface area contributed by atoms with Gasteiger partial charge in [0.2, 0.25) is 0 Å². The molecule has 9 nitrogen and oxygen atoms in total. The number of aliphatic imine (C=N–C) groups is 1. The second-order valence-corrected chi connectivity index (χ2v) is 6.32. The Balaban J connectivity index is 1.86. The number of carbonyl (C=O) groups is 3. The van der Waals surface area contributed by atoms with E-state index in [1.54, 1.807) is 37.4 Å². The zero-order chi connectivity index (χ0) is 20.4. The lowest BCUT2D eigenvalue weighted by Crippen LogP contribution is -2.56. The summed E-state index contributed by atoms with van der Waals surface area (Å²) in [6, 6.07) is 6.24. The molecule has 1 unspecified atom stereocenters. The quantitative estimate of drug-likeness (QED) is 0.769. The zero-order valence-corrected chi connectivity index (χ0v) is 16.1. The Labute approximate surface area is 161 Å². The van der Waals surface area contributed by atoms with Crippen molar-refractivity contribution in [1.82, 2.24) is 4.90 Å². The van der Waals surface area contributed by atoms with Gasteiger partial charge in [0.1, 0.15) is 17.7 Å². The topological polar surface area (TPSA) is 100 Å². The number of nitrogens with one attached hydrogen (secondary N) is 1. The molecule has 146 valence electrons. The molecule has 0 spiro atoms. The monoisotopic (exact) mass is 385 g/mol. The van der Waals surface area contributed by atoms with E-state index in [4.69, 9.17) is 9.47 Å². The van der Waals surface area contributed by atoms with Crippen molar-refractivity contribution in [3.05, 3.63) is 35.6 Å². The fraction of sp³-hybridized carbons (Fsp3) is 0.316. The van der Waals surface area contributed by atoms with Crippen molar-refractivity contribution in [2.75, 3.05) is 33.1 Å². The van der Waals surface area contributed by atoms with E-state index in [0.29, 0.717) is 22.8 Å². The van der Waals surface area contributed by atoms with Gasteiger partial charge in [-0.1, -0.05) is 12.1 Å². The van der Waals surface area contributed by atoms with E-state index in [2.05, 4.69) is 10.3 Å².